The van der Waals surface area contributed by atoms with Crippen LogP contribution in [0.4, 0.5) is 4.39 Å². The molecule has 1 atom stereocenters. The van der Waals surface area contributed by atoms with Crippen LogP contribution in [0.5, 0.6) is 0 Å². The van der Waals surface area contributed by atoms with E-state index in [0.29, 0.717) is 12.2 Å². The van der Waals surface area contributed by atoms with E-state index in [-0.39, 0.29) is 12.4 Å². The van der Waals surface area contributed by atoms with Gasteiger partial charge in [0.25, 0.3) is 0 Å². The van der Waals surface area contributed by atoms with Gasteiger partial charge in [0, 0.05) is 30.9 Å². The van der Waals surface area contributed by atoms with Gasteiger partial charge in [-0.2, -0.15) is 10.2 Å². The summed E-state index contributed by atoms with van der Waals surface area (Å²) in [4.78, 5) is 2.32. The second-order valence-electron chi connectivity index (χ2n) is 7.23. The summed E-state index contributed by atoms with van der Waals surface area (Å²) >= 11 is 0. The second kappa shape index (κ2) is 7.46. The summed E-state index contributed by atoms with van der Waals surface area (Å²) in [6, 6.07) is 8.19. The van der Waals surface area contributed by atoms with Crippen molar-refractivity contribution in [1.82, 2.24) is 24.5 Å². The van der Waals surface area contributed by atoms with Crippen LogP contribution in [0, 0.1) is 19.7 Å². The van der Waals surface area contributed by atoms with Gasteiger partial charge in [0.05, 0.1) is 35.9 Å². The largest absolute Gasteiger partial charge is 0.393 e. The molecule has 2 aromatic heterocycles. The third kappa shape index (κ3) is 3.46. The first kappa shape index (κ1) is 18.8. The van der Waals surface area contributed by atoms with Crippen LogP contribution < -0.4 is 0 Å². The average molecular weight is 385 g/mol. The lowest BCUT2D eigenvalue weighted by atomic mass is 10.1. The highest BCUT2D eigenvalue weighted by Crippen LogP contribution is 2.23. The first-order valence-corrected chi connectivity index (χ1v) is 9.35. The van der Waals surface area contributed by atoms with E-state index < -0.39 is 6.10 Å². The molecule has 0 aliphatic carbocycles. The number of aryl methyl sites for hydroxylation is 1. The SMILES string of the molecule is Cc1nn(-c2ccc(F)cc2)c(C)c1CN1CCn2nc(C(O)CO)cc2C1. The third-order valence-electron chi connectivity index (χ3n) is 5.30. The van der Waals surface area contributed by atoms with Crippen LogP contribution in [0.15, 0.2) is 30.3 Å². The average Bonchev–Trinajstić information content (AvgIpc) is 3.24. The highest BCUT2D eigenvalue weighted by molar-refractivity contribution is 5.37. The molecule has 0 amide bonds. The zero-order valence-electron chi connectivity index (χ0n) is 16.0. The Morgan fingerprint density at radius 3 is 2.61 bits per heavy atom. The molecule has 1 unspecified atom stereocenters. The Labute approximate surface area is 162 Å². The molecule has 0 bridgehead atoms. The van der Waals surface area contributed by atoms with E-state index in [2.05, 4.69) is 15.1 Å². The van der Waals surface area contributed by atoms with Gasteiger partial charge in [0.2, 0.25) is 0 Å². The first-order chi connectivity index (χ1) is 13.5. The summed E-state index contributed by atoms with van der Waals surface area (Å²) in [5.74, 6) is -0.263. The fraction of sp³-hybridized carbons (Fsp3) is 0.400. The smallest absolute Gasteiger partial charge is 0.123 e. The maximum atomic E-state index is 13.2. The molecule has 0 fully saturated rings. The lowest BCUT2D eigenvalue weighted by Gasteiger charge is -2.27. The number of hydrogen-bond acceptors (Lipinski definition) is 5. The molecule has 2 N–H and O–H groups in total. The van der Waals surface area contributed by atoms with E-state index in [1.165, 1.54) is 12.1 Å². The fourth-order valence-electron chi connectivity index (χ4n) is 3.70. The van der Waals surface area contributed by atoms with E-state index in [4.69, 9.17) is 5.11 Å². The predicted molar refractivity (Wildman–Crippen MR) is 101 cm³/mol. The van der Waals surface area contributed by atoms with Crippen molar-refractivity contribution < 1.29 is 14.6 Å². The lowest BCUT2D eigenvalue weighted by molar-refractivity contribution is 0.0915. The maximum absolute atomic E-state index is 13.2. The van der Waals surface area contributed by atoms with E-state index in [0.717, 1.165) is 48.0 Å². The van der Waals surface area contributed by atoms with E-state index in [1.54, 1.807) is 12.1 Å². The number of aromatic nitrogens is 4. The molecular weight excluding hydrogens is 361 g/mol. The number of aliphatic hydroxyl groups is 2. The van der Waals surface area contributed by atoms with Gasteiger partial charge in [0.1, 0.15) is 11.9 Å². The lowest BCUT2D eigenvalue weighted by Crippen LogP contribution is -2.33. The first-order valence-electron chi connectivity index (χ1n) is 9.35. The van der Waals surface area contributed by atoms with Crippen LogP contribution in [-0.4, -0.2) is 47.8 Å². The standard InChI is InChI=1S/C20H24FN5O2/c1-13-18(14(2)26(22-13)16-5-3-15(21)4-6-16)11-24-7-8-25-17(10-24)9-19(23-25)20(28)12-27/h3-6,9,20,27-28H,7-8,10-12H2,1-2H3. The van der Waals surface area contributed by atoms with Crippen molar-refractivity contribution in [3.63, 3.8) is 0 Å². The highest BCUT2D eigenvalue weighted by Gasteiger charge is 2.23. The molecule has 0 spiro atoms. The molecule has 0 saturated carbocycles. The molecule has 0 saturated heterocycles. The van der Waals surface area contributed by atoms with Gasteiger partial charge < -0.3 is 10.2 Å². The Morgan fingerprint density at radius 2 is 1.89 bits per heavy atom. The van der Waals surface area contributed by atoms with Crippen LogP contribution in [0.3, 0.4) is 0 Å². The number of halogens is 1. The van der Waals surface area contributed by atoms with Crippen LogP contribution >= 0.6 is 0 Å². The molecule has 0 radical (unpaired) electrons. The van der Waals surface area contributed by atoms with Gasteiger partial charge in [-0.15, -0.1) is 0 Å². The number of benzene rings is 1. The van der Waals surface area contributed by atoms with E-state index >= 15 is 0 Å². The Kier molecular flexibility index (Phi) is 5.01. The summed E-state index contributed by atoms with van der Waals surface area (Å²) in [6.45, 7) is 6.73. The number of hydrogen-bond donors (Lipinski definition) is 2. The molecule has 7 nitrogen and oxygen atoms in total. The number of fused-ring (bicyclic) bond motifs is 1. The second-order valence-corrected chi connectivity index (χ2v) is 7.23. The molecule has 8 heteroatoms. The fourth-order valence-corrected chi connectivity index (χ4v) is 3.70. The van der Waals surface area contributed by atoms with Gasteiger partial charge in [-0.25, -0.2) is 9.07 Å². The molecule has 28 heavy (non-hydrogen) atoms. The minimum absolute atomic E-state index is 0.263. The van der Waals surface area contributed by atoms with Crippen LogP contribution in [0.1, 0.15) is 34.4 Å². The van der Waals surface area contributed by atoms with Crippen molar-refractivity contribution >= 4 is 0 Å². The summed E-state index contributed by atoms with van der Waals surface area (Å²) in [6.07, 6.45) is -0.940. The minimum Gasteiger partial charge on any atom is -0.393 e. The monoisotopic (exact) mass is 385 g/mol. The number of aliphatic hydroxyl groups excluding tert-OH is 2. The molecular formula is C20H24FN5O2. The molecule has 4 rings (SSSR count). The molecule has 3 heterocycles. The van der Waals surface area contributed by atoms with Crippen LogP contribution in [-0.2, 0) is 19.6 Å². The maximum Gasteiger partial charge on any atom is 0.123 e. The minimum atomic E-state index is -0.940. The Morgan fingerprint density at radius 1 is 1.14 bits per heavy atom. The Bertz CT molecular complexity index is 979. The van der Waals surface area contributed by atoms with Crippen molar-refractivity contribution in [3.05, 3.63) is 64.5 Å². The summed E-state index contributed by atoms with van der Waals surface area (Å²) in [7, 11) is 0. The zero-order chi connectivity index (χ0) is 19.8. The zero-order valence-corrected chi connectivity index (χ0v) is 16.0. The van der Waals surface area contributed by atoms with Gasteiger partial charge >= 0.3 is 0 Å². The van der Waals surface area contributed by atoms with Gasteiger partial charge in [-0.1, -0.05) is 0 Å². The summed E-state index contributed by atoms with van der Waals surface area (Å²) < 4.78 is 17.0. The van der Waals surface area contributed by atoms with Gasteiger partial charge in [-0.3, -0.25) is 9.58 Å². The molecule has 1 aliphatic heterocycles. The molecule has 1 aliphatic rings. The topological polar surface area (TPSA) is 79.3 Å². The van der Waals surface area contributed by atoms with Gasteiger partial charge in [0.15, 0.2) is 0 Å². The van der Waals surface area contributed by atoms with Crippen molar-refractivity contribution in [2.75, 3.05) is 13.2 Å². The van der Waals surface area contributed by atoms with Crippen molar-refractivity contribution in [2.45, 2.75) is 39.6 Å². The predicted octanol–water partition coefficient (Wildman–Crippen LogP) is 1.87. The number of nitrogens with zero attached hydrogens (tertiary/aromatic N) is 5. The normalized spacial score (nSPS) is 15.6. The molecule has 1 aromatic carbocycles. The van der Waals surface area contributed by atoms with Crippen LogP contribution in [0.25, 0.3) is 5.69 Å². The van der Waals surface area contributed by atoms with Crippen LogP contribution in [0.2, 0.25) is 0 Å². The van der Waals surface area contributed by atoms with Crippen molar-refractivity contribution in [3.8, 4) is 5.69 Å². The third-order valence-corrected chi connectivity index (χ3v) is 5.30. The quantitative estimate of drug-likeness (QED) is 0.701. The molecule has 148 valence electrons. The number of rotatable bonds is 5. The van der Waals surface area contributed by atoms with E-state index in [9.17, 15) is 9.50 Å². The Hall–Kier alpha value is -2.55. The van der Waals surface area contributed by atoms with E-state index in [1.807, 2.05) is 29.3 Å². The molecule has 3 aromatic rings. The summed E-state index contributed by atoms with van der Waals surface area (Å²) in [5.41, 5.74) is 5.53. The summed E-state index contributed by atoms with van der Waals surface area (Å²) in [5, 5.41) is 28.0. The highest BCUT2D eigenvalue weighted by atomic mass is 19.1. The van der Waals surface area contributed by atoms with Gasteiger partial charge in [-0.05, 0) is 44.2 Å². The Balaban J connectivity index is 1.54. The van der Waals surface area contributed by atoms with Crippen molar-refractivity contribution in [1.29, 1.82) is 0 Å². The van der Waals surface area contributed by atoms with Crippen molar-refractivity contribution in [2.24, 2.45) is 0 Å².